The SMILES string of the molecule is [c]1cc[nH]c1C1CCCC1. The molecule has 0 aromatic carbocycles. The van der Waals surface area contributed by atoms with E-state index in [9.17, 15) is 0 Å². The van der Waals surface area contributed by atoms with E-state index in [2.05, 4.69) is 11.1 Å². The molecule has 1 radical (unpaired) electrons. The van der Waals surface area contributed by atoms with Crippen LogP contribution in [0.4, 0.5) is 0 Å². The van der Waals surface area contributed by atoms with Crippen molar-refractivity contribution in [1.82, 2.24) is 4.98 Å². The summed E-state index contributed by atoms with van der Waals surface area (Å²) in [5, 5.41) is 0. The van der Waals surface area contributed by atoms with Crippen molar-refractivity contribution in [1.29, 1.82) is 0 Å². The van der Waals surface area contributed by atoms with E-state index in [1.54, 1.807) is 0 Å². The van der Waals surface area contributed by atoms with E-state index in [0.29, 0.717) is 0 Å². The summed E-state index contributed by atoms with van der Waals surface area (Å²) in [7, 11) is 0. The number of H-pyrrole nitrogens is 1. The molecule has 0 aliphatic heterocycles. The first-order valence-corrected chi connectivity index (χ1v) is 4.02. The standard InChI is InChI=1S/C9H12N/c1-2-5-8(4-1)9-6-3-7-10-9/h3,7-8,10H,1-2,4-5H2. The highest BCUT2D eigenvalue weighted by Gasteiger charge is 2.16. The lowest BCUT2D eigenvalue weighted by molar-refractivity contribution is 0.702. The Labute approximate surface area is 61.5 Å². The van der Waals surface area contributed by atoms with E-state index in [1.807, 2.05) is 12.3 Å². The second kappa shape index (κ2) is 2.49. The first kappa shape index (κ1) is 6.02. The predicted octanol–water partition coefficient (Wildman–Crippen LogP) is 2.47. The lowest BCUT2D eigenvalue weighted by Crippen LogP contribution is -1.90. The van der Waals surface area contributed by atoms with Gasteiger partial charge >= 0.3 is 0 Å². The first-order chi connectivity index (χ1) is 4.97. The third-order valence-electron chi connectivity index (χ3n) is 2.32. The van der Waals surface area contributed by atoms with E-state index in [4.69, 9.17) is 0 Å². The van der Waals surface area contributed by atoms with Gasteiger partial charge in [-0.05, 0) is 24.8 Å². The molecule has 0 saturated heterocycles. The van der Waals surface area contributed by atoms with Crippen LogP contribution in [0.2, 0.25) is 0 Å². The fraction of sp³-hybridized carbons (Fsp3) is 0.556. The summed E-state index contributed by atoms with van der Waals surface area (Å²) < 4.78 is 0. The molecule has 0 unspecified atom stereocenters. The minimum Gasteiger partial charge on any atom is -0.364 e. The van der Waals surface area contributed by atoms with Gasteiger partial charge in [0, 0.05) is 18.0 Å². The van der Waals surface area contributed by atoms with Crippen molar-refractivity contribution in [3.63, 3.8) is 0 Å². The van der Waals surface area contributed by atoms with Crippen LogP contribution in [-0.2, 0) is 0 Å². The van der Waals surface area contributed by atoms with Gasteiger partial charge in [-0.2, -0.15) is 0 Å². The third kappa shape index (κ3) is 0.962. The molecule has 1 heterocycles. The zero-order valence-electron chi connectivity index (χ0n) is 6.06. The van der Waals surface area contributed by atoms with Crippen LogP contribution in [0.1, 0.15) is 37.3 Å². The molecule has 1 saturated carbocycles. The molecule has 1 fully saturated rings. The van der Waals surface area contributed by atoms with Crippen molar-refractivity contribution in [3.05, 3.63) is 24.0 Å². The van der Waals surface area contributed by atoms with Crippen LogP contribution in [0.25, 0.3) is 0 Å². The van der Waals surface area contributed by atoms with Crippen LogP contribution >= 0.6 is 0 Å². The second-order valence-electron chi connectivity index (χ2n) is 3.02. The lowest BCUT2D eigenvalue weighted by atomic mass is 10.1. The molecule has 0 atom stereocenters. The lowest BCUT2D eigenvalue weighted by Gasteiger charge is -2.03. The molecule has 10 heavy (non-hydrogen) atoms. The molecule has 1 aliphatic rings. The zero-order valence-corrected chi connectivity index (χ0v) is 6.06. The topological polar surface area (TPSA) is 15.8 Å². The molecule has 53 valence electrons. The number of aromatic nitrogens is 1. The molecule has 2 rings (SSSR count). The van der Waals surface area contributed by atoms with Crippen molar-refractivity contribution in [2.24, 2.45) is 0 Å². The quantitative estimate of drug-likeness (QED) is 0.607. The maximum Gasteiger partial charge on any atom is 0.0258 e. The Hall–Kier alpha value is -0.720. The summed E-state index contributed by atoms with van der Waals surface area (Å²) in [6.07, 6.45) is 7.48. The molecule has 1 aromatic rings. The Morgan fingerprint density at radius 1 is 1.40 bits per heavy atom. The molecule has 1 nitrogen and oxygen atoms in total. The Morgan fingerprint density at radius 3 is 2.80 bits per heavy atom. The minimum absolute atomic E-state index is 0.787. The van der Waals surface area contributed by atoms with E-state index in [-0.39, 0.29) is 0 Å². The molecule has 1 aromatic heterocycles. The Kier molecular flexibility index (Phi) is 1.50. The Morgan fingerprint density at radius 2 is 2.20 bits per heavy atom. The molecule has 0 bridgehead atoms. The second-order valence-corrected chi connectivity index (χ2v) is 3.02. The van der Waals surface area contributed by atoms with Crippen molar-refractivity contribution in [3.8, 4) is 0 Å². The van der Waals surface area contributed by atoms with Crippen molar-refractivity contribution in [2.45, 2.75) is 31.6 Å². The highest BCUT2D eigenvalue weighted by molar-refractivity contribution is 5.08. The van der Waals surface area contributed by atoms with E-state index in [0.717, 1.165) is 5.92 Å². The molecule has 1 heteroatoms. The van der Waals surface area contributed by atoms with Crippen LogP contribution in [0, 0.1) is 6.07 Å². The van der Waals surface area contributed by atoms with Gasteiger partial charge in [-0.15, -0.1) is 0 Å². The summed E-state index contributed by atoms with van der Waals surface area (Å²) in [5.41, 5.74) is 1.32. The van der Waals surface area contributed by atoms with Crippen molar-refractivity contribution in [2.75, 3.05) is 0 Å². The maximum atomic E-state index is 3.22. The summed E-state index contributed by atoms with van der Waals surface area (Å²) in [5.74, 6) is 0.787. The van der Waals surface area contributed by atoms with Gasteiger partial charge in [0.1, 0.15) is 0 Å². The highest BCUT2D eigenvalue weighted by Crippen LogP contribution is 2.32. The van der Waals surface area contributed by atoms with Gasteiger partial charge in [0.05, 0.1) is 0 Å². The molecule has 0 amide bonds. The smallest absolute Gasteiger partial charge is 0.0258 e. The van der Waals surface area contributed by atoms with Crippen LogP contribution < -0.4 is 0 Å². The van der Waals surface area contributed by atoms with Gasteiger partial charge in [0.25, 0.3) is 0 Å². The van der Waals surface area contributed by atoms with Crippen LogP contribution in [0.3, 0.4) is 0 Å². The molecule has 1 N–H and O–H groups in total. The summed E-state index contributed by atoms with van der Waals surface area (Å²) in [4.78, 5) is 3.22. The van der Waals surface area contributed by atoms with E-state index in [1.165, 1.54) is 31.4 Å². The van der Waals surface area contributed by atoms with Crippen LogP contribution in [0.15, 0.2) is 12.3 Å². The number of nitrogens with one attached hydrogen (secondary N) is 1. The first-order valence-electron chi connectivity index (χ1n) is 4.02. The fourth-order valence-electron chi connectivity index (χ4n) is 1.75. The average Bonchev–Trinajstić information content (AvgIpc) is 2.59. The predicted molar refractivity (Wildman–Crippen MR) is 40.8 cm³/mol. The molecule has 1 aliphatic carbocycles. The molecular weight excluding hydrogens is 122 g/mol. The Bertz CT molecular complexity index is 183. The van der Waals surface area contributed by atoms with Gasteiger partial charge in [-0.3, -0.25) is 0 Å². The summed E-state index contributed by atoms with van der Waals surface area (Å²) in [6, 6.07) is 5.19. The third-order valence-corrected chi connectivity index (χ3v) is 2.32. The Balaban J connectivity index is 2.12. The van der Waals surface area contributed by atoms with E-state index < -0.39 is 0 Å². The van der Waals surface area contributed by atoms with Crippen molar-refractivity contribution < 1.29 is 0 Å². The van der Waals surface area contributed by atoms with Crippen LogP contribution in [-0.4, -0.2) is 4.98 Å². The van der Waals surface area contributed by atoms with Gasteiger partial charge in [0.2, 0.25) is 0 Å². The fourth-order valence-corrected chi connectivity index (χ4v) is 1.75. The van der Waals surface area contributed by atoms with Crippen molar-refractivity contribution >= 4 is 0 Å². The monoisotopic (exact) mass is 134 g/mol. The largest absolute Gasteiger partial charge is 0.364 e. The number of rotatable bonds is 1. The van der Waals surface area contributed by atoms with E-state index >= 15 is 0 Å². The van der Waals surface area contributed by atoms with Gasteiger partial charge in [-0.25, -0.2) is 0 Å². The summed E-state index contributed by atoms with van der Waals surface area (Å²) in [6.45, 7) is 0. The molecule has 0 spiro atoms. The number of hydrogen-bond acceptors (Lipinski definition) is 0. The maximum absolute atomic E-state index is 3.22. The zero-order chi connectivity index (χ0) is 6.81. The normalized spacial score (nSPS) is 20.0. The van der Waals surface area contributed by atoms with Gasteiger partial charge in [-0.1, -0.05) is 12.8 Å². The van der Waals surface area contributed by atoms with Gasteiger partial charge in [0.15, 0.2) is 0 Å². The highest BCUT2D eigenvalue weighted by atomic mass is 14.7. The average molecular weight is 134 g/mol. The van der Waals surface area contributed by atoms with Crippen LogP contribution in [0.5, 0.6) is 0 Å². The molecular formula is C9H12N. The summed E-state index contributed by atoms with van der Waals surface area (Å²) >= 11 is 0. The number of aromatic amines is 1. The van der Waals surface area contributed by atoms with Gasteiger partial charge < -0.3 is 4.98 Å². The minimum atomic E-state index is 0.787. The number of hydrogen-bond donors (Lipinski definition) is 1.